The van der Waals surface area contributed by atoms with Crippen molar-refractivity contribution < 1.29 is 4.92 Å². The smallest absolute Gasteiger partial charge is 0.390 e. The number of imidazole rings is 1. The minimum Gasteiger partial charge on any atom is -0.390 e. The van der Waals surface area contributed by atoms with E-state index in [0.717, 1.165) is 10.6 Å². The first-order chi connectivity index (χ1) is 8.08. The Labute approximate surface area is 93.1 Å². The number of nitro groups is 1. The average molecular weight is 237 g/mol. The van der Waals surface area contributed by atoms with Crippen LogP contribution >= 0.6 is 0 Å². The van der Waals surface area contributed by atoms with Crippen molar-refractivity contribution in [2.75, 3.05) is 0 Å². The van der Waals surface area contributed by atoms with Crippen molar-refractivity contribution in [1.29, 1.82) is 0 Å². The van der Waals surface area contributed by atoms with Gasteiger partial charge in [-0.15, -0.1) is 0 Å². The van der Waals surface area contributed by atoms with E-state index in [-0.39, 0.29) is 12.6 Å². The van der Waals surface area contributed by atoms with Gasteiger partial charge in [-0.25, -0.2) is 9.36 Å². The zero-order valence-electron chi connectivity index (χ0n) is 8.44. The molecule has 0 aliphatic carbocycles. The molecule has 2 aromatic rings. The van der Waals surface area contributed by atoms with Crippen LogP contribution in [0.15, 0.2) is 34.2 Å². The van der Waals surface area contributed by atoms with E-state index in [1.165, 1.54) is 23.2 Å². The summed E-state index contributed by atoms with van der Waals surface area (Å²) in [7, 11) is 0. The summed E-state index contributed by atoms with van der Waals surface area (Å²) in [6, 6.07) is 1.16. The van der Waals surface area contributed by atoms with Crippen molar-refractivity contribution in [3.05, 3.63) is 55.6 Å². The summed E-state index contributed by atoms with van der Waals surface area (Å²) in [5.74, 6) is -0.372. The molecule has 9 heteroatoms. The number of nitrogens with one attached hydrogen (secondary N) is 1. The van der Waals surface area contributed by atoms with Crippen molar-refractivity contribution >= 4 is 5.95 Å². The van der Waals surface area contributed by atoms with Crippen LogP contribution in [-0.4, -0.2) is 24.0 Å². The number of H-pyrrole nitrogens is 1. The van der Waals surface area contributed by atoms with E-state index in [4.69, 9.17) is 0 Å². The second-order valence-corrected chi connectivity index (χ2v) is 3.18. The Morgan fingerprint density at radius 2 is 2.12 bits per heavy atom. The summed E-state index contributed by atoms with van der Waals surface area (Å²) in [4.78, 5) is 37.7. The van der Waals surface area contributed by atoms with Gasteiger partial charge >= 0.3 is 11.6 Å². The van der Waals surface area contributed by atoms with Gasteiger partial charge in [-0.3, -0.25) is 14.3 Å². The highest BCUT2D eigenvalue weighted by Crippen LogP contribution is 2.06. The average Bonchev–Trinajstić information content (AvgIpc) is 2.70. The Balaban J connectivity index is 2.38. The predicted molar refractivity (Wildman–Crippen MR) is 55.6 cm³/mol. The van der Waals surface area contributed by atoms with E-state index in [0.29, 0.717) is 0 Å². The van der Waals surface area contributed by atoms with Crippen LogP contribution in [0, 0.1) is 10.1 Å². The molecule has 0 unspecified atom stereocenters. The molecule has 0 spiro atoms. The minimum atomic E-state index is -0.656. The molecule has 0 aliphatic heterocycles. The van der Waals surface area contributed by atoms with Gasteiger partial charge in [0, 0.05) is 12.3 Å². The van der Waals surface area contributed by atoms with Gasteiger partial charge in [0.2, 0.25) is 0 Å². The van der Waals surface area contributed by atoms with Crippen molar-refractivity contribution in [1.82, 2.24) is 19.1 Å². The predicted octanol–water partition coefficient (Wildman–Crippen LogP) is -0.853. The second kappa shape index (κ2) is 4.04. The molecule has 9 nitrogen and oxygen atoms in total. The van der Waals surface area contributed by atoms with Gasteiger partial charge in [0.15, 0.2) is 6.67 Å². The van der Waals surface area contributed by atoms with Crippen LogP contribution in [0.4, 0.5) is 5.95 Å². The fourth-order valence-corrected chi connectivity index (χ4v) is 1.30. The van der Waals surface area contributed by atoms with Gasteiger partial charge < -0.3 is 10.1 Å². The summed E-state index contributed by atoms with van der Waals surface area (Å²) in [5, 5.41) is 10.6. The van der Waals surface area contributed by atoms with Gasteiger partial charge in [-0.2, -0.15) is 0 Å². The Bertz CT molecular complexity index is 667. The number of aromatic nitrogens is 4. The molecule has 1 N–H and O–H groups in total. The molecule has 17 heavy (non-hydrogen) atoms. The first-order valence-corrected chi connectivity index (χ1v) is 4.53. The number of rotatable bonds is 3. The van der Waals surface area contributed by atoms with Gasteiger partial charge in [-0.05, 0) is 4.92 Å². The van der Waals surface area contributed by atoms with Crippen LogP contribution in [0.2, 0.25) is 0 Å². The fourth-order valence-electron chi connectivity index (χ4n) is 1.30. The molecule has 0 radical (unpaired) electrons. The summed E-state index contributed by atoms with van der Waals surface area (Å²) in [6.45, 7) is -0.0913. The number of aromatic amines is 1. The molecule has 2 aromatic heterocycles. The van der Waals surface area contributed by atoms with E-state index in [1.54, 1.807) is 0 Å². The first kappa shape index (κ1) is 10.8. The molecule has 0 saturated heterocycles. The minimum absolute atomic E-state index is 0.0913. The standard InChI is InChI=1S/C8H7N5O4/c14-6-1-3-12(8(15)10-6)5-11-4-2-9-7(11)13(16)17/h1-4H,5H2,(H,10,14,15). The van der Waals surface area contributed by atoms with E-state index in [1.807, 2.05) is 4.98 Å². The Hall–Kier alpha value is -2.71. The summed E-state index contributed by atoms with van der Waals surface area (Å²) in [5.41, 5.74) is -1.16. The Morgan fingerprint density at radius 1 is 1.35 bits per heavy atom. The third-order valence-electron chi connectivity index (χ3n) is 2.06. The maximum atomic E-state index is 11.4. The zero-order valence-corrected chi connectivity index (χ0v) is 8.44. The molecule has 2 rings (SSSR count). The monoisotopic (exact) mass is 237 g/mol. The molecule has 88 valence electrons. The first-order valence-electron chi connectivity index (χ1n) is 4.53. The van der Waals surface area contributed by atoms with Crippen molar-refractivity contribution in [3.8, 4) is 0 Å². The molecule has 0 atom stereocenters. The van der Waals surface area contributed by atoms with Crippen LogP contribution in [0.3, 0.4) is 0 Å². The summed E-state index contributed by atoms with van der Waals surface area (Å²) in [6.07, 6.45) is 3.88. The SMILES string of the molecule is O=c1ccn(Cn2ccnc2[N+](=O)[O-])c(=O)[nH]1. The van der Waals surface area contributed by atoms with Crippen LogP contribution in [0.5, 0.6) is 0 Å². The molecule has 2 heterocycles. The van der Waals surface area contributed by atoms with Gasteiger partial charge in [0.05, 0.1) is 0 Å². The highest BCUT2D eigenvalue weighted by atomic mass is 16.6. The third kappa shape index (κ3) is 2.12. The fraction of sp³-hybridized carbons (Fsp3) is 0.125. The Morgan fingerprint density at radius 3 is 2.76 bits per heavy atom. The lowest BCUT2D eigenvalue weighted by atomic mass is 10.6. The van der Waals surface area contributed by atoms with E-state index in [2.05, 4.69) is 4.98 Å². The van der Waals surface area contributed by atoms with Crippen molar-refractivity contribution in [2.24, 2.45) is 0 Å². The molecular formula is C8H7N5O4. The maximum Gasteiger partial charge on any atom is 0.436 e. The van der Waals surface area contributed by atoms with E-state index in [9.17, 15) is 19.7 Å². The number of hydrogen-bond acceptors (Lipinski definition) is 5. The molecule has 0 aliphatic rings. The van der Waals surface area contributed by atoms with Crippen LogP contribution in [0.1, 0.15) is 0 Å². The quantitative estimate of drug-likeness (QED) is 0.551. The van der Waals surface area contributed by atoms with E-state index < -0.39 is 16.2 Å². The second-order valence-electron chi connectivity index (χ2n) is 3.18. The highest BCUT2D eigenvalue weighted by Gasteiger charge is 2.14. The Kier molecular flexibility index (Phi) is 2.57. The summed E-state index contributed by atoms with van der Waals surface area (Å²) >= 11 is 0. The molecule has 0 fully saturated rings. The maximum absolute atomic E-state index is 11.4. The lowest BCUT2D eigenvalue weighted by molar-refractivity contribution is -0.396. The normalized spacial score (nSPS) is 10.4. The lowest BCUT2D eigenvalue weighted by Gasteiger charge is -2.03. The van der Waals surface area contributed by atoms with Crippen LogP contribution < -0.4 is 11.2 Å². The van der Waals surface area contributed by atoms with Crippen molar-refractivity contribution in [3.63, 3.8) is 0 Å². The third-order valence-corrected chi connectivity index (χ3v) is 2.06. The molecule has 0 bridgehead atoms. The van der Waals surface area contributed by atoms with Crippen molar-refractivity contribution in [2.45, 2.75) is 6.67 Å². The molecule has 0 amide bonds. The topological polar surface area (TPSA) is 116 Å². The molecule has 0 saturated carbocycles. The van der Waals surface area contributed by atoms with Crippen LogP contribution in [0.25, 0.3) is 0 Å². The lowest BCUT2D eigenvalue weighted by Crippen LogP contribution is -2.30. The summed E-state index contributed by atoms with van der Waals surface area (Å²) < 4.78 is 2.30. The molecular weight excluding hydrogens is 230 g/mol. The van der Waals surface area contributed by atoms with Gasteiger partial charge in [0.25, 0.3) is 5.56 Å². The van der Waals surface area contributed by atoms with E-state index >= 15 is 0 Å². The largest absolute Gasteiger partial charge is 0.436 e. The van der Waals surface area contributed by atoms with Gasteiger partial charge in [-0.1, -0.05) is 4.98 Å². The van der Waals surface area contributed by atoms with Gasteiger partial charge in [0.1, 0.15) is 12.4 Å². The van der Waals surface area contributed by atoms with Crippen LogP contribution in [-0.2, 0) is 6.67 Å². The zero-order chi connectivity index (χ0) is 12.4. The molecule has 0 aromatic carbocycles. The highest BCUT2D eigenvalue weighted by molar-refractivity contribution is 5.06. The number of hydrogen-bond donors (Lipinski definition) is 1. The number of nitrogens with zero attached hydrogens (tertiary/aromatic N) is 4.